The van der Waals surface area contributed by atoms with E-state index in [-0.39, 0.29) is 11.4 Å². The Kier molecular flexibility index (Phi) is 6.57. The first-order chi connectivity index (χ1) is 14.0. The Morgan fingerprint density at radius 1 is 0.966 bits per heavy atom. The monoisotopic (exact) mass is 399 g/mol. The number of carbonyl (C=O) groups is 1. The van der Waals surface area contributed by atoms with E-state index in [0.29, 0.717) is 18.8 Å². The van der Waals surface area contributed by atoms with Gasteiger partial charge in [0.1, 0.15) is 23.8 Å². The van der Waals surface area contributed by atoms with Crippen LogP contribution >= 0.6 is 0 Å². The Hall–Kier alpha value is -3.68. The van der Waals surface area contributed by atoms with Crippen LogP contribution in [0.5, 0.6) is 11.5 Å². The Labute approximate surface area is 166 Å². The van der Waals surface area contributed by atoms with Crippen LogP contribution in [-0.4, -0.2) is 31.2 Å². The minimum absolute atomic E-state index is 0.147. The number of ether oxygens (including phenoxy) is 2. The van der Waals surface area contributed by atoms with Gasteiger partial charge in [-0.15, -0.1) is 0 Å². The Morgan fingerprint density at radius 3 is 2.34 bits per heavy atom. The third-order valence-corrected chi connectivity index (χ3v) is 3.93. The van der Waals surface area contributed by atoms with Crippen LogP contribution in [0.4, 0.5) is 20.2 Å². The summed E-state index contributed by atoms with van der Waals surface area (Å²) in [6, 6.07) is 13.6. The molecule has 1 amide bonds. The van der Waals surface area contributed by atoms with Crippen molar-refractivity contribution in [1.82, 2.24) is 4.98 Å². The van der Waals surface area contributed by atoms with Crippen molar-refractivity contribution in [2.45, 2.75) is 0 Å². The van der Waals surface area contributed by atoms with E-state index in [1.54, 1.807) is 13.2 Å². The molecule has 0 unspecified atom stereocenters. The van der Waals surface area contributed by atoms with Crippen LogP contribution in [0.3, 0.4) is 0 Å². The zero-order valence-electron chi connectivity index (χ0n) is 15.6. The van der Waals surface area contributed by atoms with Crippen molar-refractivity contribution >= 4 is 17.3 Å². The van der Waals surface area contributed by atoms with Gasteiger partial charge in [0.15, 0.2) is 11.6 Å². The maximum absolute atomic E-state index is 13.2. The van der Waals surface area contributed by atoms with Crippen LogP contribution in [-0.2, 0) is 0 Å². The molecule has 0 atom stereocenters. The van der Waals surface area contributed by atoms with Crippen molar-refractivity contribution in [3.63, 3.8) is 0 Å². The number of nitrogens with one attached hydrogen (secondary N) is 2. The van der Waals surface area contributed by atoms with Crippen molar-refractivity contribution in [1.29, 1.82) is 0 Å². The molecule has 150 valence electrons. The molecule has 0 radical (unpaired) electrons. The molecule has 1 heterocycles. The van der Waals surface area contributed by atoms with E-state index in [9.17, 15) is 13.6 Å². The van der Waals surface area contributed by atoms with Crippen LogP contribution in [0, 0.1) is 11.6 Å². The van der Waals surface area contributed by atoms with E-state index in [2.05, 4.69) is 15.6 Å². The number of aromatic nitrogens is 1. The van der Waals surface area contributed by atoms with Crippen LogP contribution < -0.4 is 20.1 Å². The molecule has 0 saturated heterocycles. The van der Waals surface area contributed by atoms with Crippen LogP contribution in [0.25, 0.3) is 0 Å². The first-order valence-corrected chi connectivity index (χ1v) is 8.78. The molecule has 0 fully saturated rings. The lowest BCUT2D eigenvalue weighted by Crippen LogP contribution is -2.15. The molecule has 6 nitrogen and oxygen atoms in total. The SMILES string of the molecule is COc1ccc(OCCNc2ccc(C(=O)Nc3ccc(F)c(F)c3)nc2)cc1. The van der Waals surface area contributed by atoms with Gasteiger partial charge >= 0.3 is 0 Å². The average Bonchev–Trinajstić information content (AvgIpc) is 2.74. The van der Waals surface area contributed by atoms with Crippen LogP contribution in [0.2, 0.25) is 0 Å². The zero-order chi connectivity index (χ0) is 20.6. The summed E-state index contributed by atoms with van der Waals surface area (Å²) in [6.07, 6.45) is 1.51. The molecule has 8 heteroatoms. The Balaban J connectivity index is 1.46. The fraction of sp³-hybridized carbons (Fsp3) is 0.143. The predicted molar refractivity (Wildman–Crippen MR) is 106 cm³/mol. The molecular weight excluding hydrogens is 380 g/mol. The van der Waals surface area contributed by atoms with Crippen LogP contribution in [0.15, 0.2) is 60.8 Å². The lowest BCUT2D eigenvalue weighted by molar-refractivity contribution is 0.102. The first-order valence-electron chi connectivity index (χ1n) is 8.78. The van der Waals surface area contributed by atoms with Crippen molar-refractivity contribution in [3.8, 4) is 11.5 Å². The number of nitrogens with zero attached hydrogens (tertiary/aromatic N) is 1. The average molecular weight is 399 g/mol. The maximum atomic E-state index is 13.2. The van der Waals surface area contributed by atoms with E-state index in [1.807, 2.05) is 24.3 Å². The molecule has 3 aromatic rings. The van der Waals surface area contributed by atoms with E-state index < -0.39 is 17.5 Å². The second-order valence-electron chi connectivity index (χ2n) is 5.97. The fourth-order valence-corrected chi connectivity index (χ4v) is 2.44. The van der Waals surface area contributed by atoms with Gasteiger partial charge in [-0.25, -0.2) is 13.8 Å². The highest BCUT2D eigenvalue weighted by atomic mass is 19.2. The molecule has 0 saturated carbocycles. The predicted octanol–water partition coefficient (Wildman–Crippen LogP) is 4.11. The third-order valence-electron chi connectivity index (χ3n) is 3.93. The molecule has 3 rings (SSSR count). The standard InChI is InChI=1S/C21H19F2N3O3/c1-28-16-4-6-17(7-5-16)29-11-10-24-15-3-9-20(25-13-15)21(27)26-14-2-8-18(22)19(23)12-14/h2-9,12-13,24H,10-11H2,1H3,(H,26,27). The van der Waals surface area contributed by atoms with Crippen molar-refractivity contribution < 1.29 is 23.0 Å². The topological polar surface area (TPSA) is 72.5 Å². The van der Waals surface area contributed by atoms with Gasteiger partial charge in [-0.1, -0.05) is 0 Å². The highest BCUT2D eigenvalue weighted by Crippen LogP contribution is 2.17. The molecule has 2 aromatic carbocycles. The van der Waals surface area contributed by atoms with Crippen molar-refractivity contribution in [2.24, 2.45) is 0 Å². The highest BCUT2D eigenvalue weighted by Gasteiger charge is 2.09. The summed E-state index contributed by atoms with van der Waals surface area (Å²) in [5.41, 5.74) is 1.01. The molecule has 0 spiro atoms. The number of methoxy groups -OCH3 is 1. The number of rotatable bonds is 8. The molecular formula is C21H19F2N3O3. The Bertz CT molecular complexity index is 964. The summed E-state index contributed by atoms with van der Waals surface area (Å²) in [5.74, 6) is -1.05. The van der Waals surface area contributed by atoms with E-state index in [4.69, 9.17) is 9.47 Å². The van der Waals surface area contributed by atoms with Crippen molar-refractivity contribution in [2.75, 3.05) is 30.9 Å². The number of anilines is 2. The minimum atomic E-state index is -1.04. The molecule has 0 aliphatic carbocycles. The molecule has 2 N–H and O–H groups in total. The molecule has 29 heavy (non-hydrogen) atoms. The van der Waals surface area contributed by atoms with E-state index in [1.165, 1.54) is 18.3 Å². The summed E-state index contributed by atoms with van der Waals surface area (Å²) < 4.78 is 36.8. The van der Waals surface area contributed by atoms with E-state index >= 15 is 0 Å². The van der Waals surface area contributed by atoms with Gasteiger partial charge in [-0.3, -0.25) is 4.79 Å². The van der Waals surface area contributed by atoms with E-state index in [0.717, 1.165) is 23.6 Å². The number of pyridine rings is 1. The second-order valence-corrected chi connectivity index (χ2v) is 5.97. The Morgan fingerprint density at radius 2 is 1.69 bits per heavy atom. The maximum Gasteiger partial charge on any atom is 0.274 e. The fourth-order valence-electron chi connectivity index (χ4n) is 2.44. The smallest absolute Gasteiger partial charge is 0.274 e. The zero-order valence-corrected chi connectivity index (χ0v) is 15.6. The third kappa shape index (κ3) is 5.65. The normalized spacial score (nSPS) is 10.3. The second kappa shape index (κ2) is 9.50. The first kappa shape index (κ1) is 20.1. The van der Waals surface area contributed by atoms with Gasteiger partial charge in [-0.05, 0) is 48.5 Å². The summed E-state index contributed by atoms with van der Waals surface area (Å²) in [5, 5.41) is 5.60. The largest absolute Gasteiger partial charge is 0.497 e. The number of hydrogen-bond acceptors (Lipinski definition) is 5. The quantitative estimate of drug-likeness (QED) is 0.558. The van der Waals surface area contributed by atoms with Gasteiger partial charge in [0, 0.05) is 18.3 Å². The number of benzene rings is 2. The number of carbonyl (C=O) groups excluding carboxylic acids is 1. The molecule has 0 bridgehead atoms. The van der Waals surface area contributed by atoms with Crippen LogP contribution in [0.1, 0.15) is 10.5 Å². The molecule has 1 aromatic heterocycles. The lowest BCUT2D eigenvalue weighted by Gasteiger charge is -2.09. The van der Waals surface area contributed by atoms with Gasteiger partial charge in [0.25, 0.3) is 5.91 Å². The highest BCUT2D eigenvalue weighted by molar-refractivity contribution is 6.02. The van der Waals surface area contributed by atoms with Gasteiger partial charge < -0.3 is 20.1 Å². The minimum Gasteiger partial charge on any atom is -0.497 e. The van der Waals surface area contributed by atoms with Gasteiger partial charge in [0.05, 0.1) is 19.0 Å². The number of amides is 1. The summed E-state index contributed by atoms with van der Waals surface area (Å²) in [6.45, 7) is 0.971. The number of hydrogen-bond donors (Lipinski definition) is 2. The lowest BCUT2D eigenvalue weighted by atomic mass is 10.2. The van der Waals surface area contributed by atoms with Gasteiger partial charge in [0.2, 0.25) is 0 Å². The summed E-state index contributed by atoms with van der Waals surface area (Å²) in [4.78, 5) is 16.2. The van der Waals surface area contributed by atoms with Crippen molar-refractivity contribution in [3.05, 3.63) is 78.1 Å². The summed E-state index contributed by atoms with van der Waals surface area (Å²) >= 11 is 0. The number of halogens is 2. The van der Waals surface area contributed by atoms with Gasteiger partial charge in [-0.2, -0.15) is 0 Å². The summed E-state index contributed by atoms with van der Waals surface area (Å²) in [7, 11) is 1.60. The molecule has 0 aliphatic rings. The molecule has 0 aliphatic heterocycles.